The number of hydrazine groups is 1. The van der Waals surface area contributed by atoms with Gasteiger partial charge in [0.15, 0.2) is 0 Å². The van der Waals surface area contributed by atoms with E-state index in [2.05, 4.69) is 37.3 Å². The van der Waals surface area contributed by atoms with Crippen LogP contribution in [0.4, 0.5) is 4.79 Å². The van der Waals surface area contributed by atoms with Crippen molar-refractivity contribution in [2.75, 3.05) is 0 Å². The number of hydrogen-bond acceptors (Lipinski definition) is 4. The summed E-state index contributed by atoms with van der Waals surface area (Å²) in [6.45, 7) is 10.3. The lowest BCUT2D eigenvalue weighted by Crippen LogP contribution is -2.51. The first-order chi connectivity index (χ1) is 14.7. The van der Waals surface area contributed by atoms with Crippen LogP contribution in [0.15, 0.2) is 61.2 Å². The van der Waals surface area contributed by atoms with Gasteiger partial charge in [0, 0.05) is 11.6 Å². The van der Waals surface area contributed by atoms with Gasteiger partial charge in [-0.25, -0.2) is 10.2 Å². The molecule has 0 radical (unpaired) electrons. The van der Waals surface area contributed by atoms with Crippen LogP contribution < -0.4 is 10.9 Å². The van der Waals surface area contributed by atoms with Crippen LogP contribution in [0, 0.1) is 12.3 Å². The first-order valence-corrected chi connectivity index (χ1v) is 10.7. The Morgan fingerprint density at radius 2 is 1.87 bits per heavy atom. The number of nitrogens with one attached hydrogen (secondary N) is 2. The molecule has 1 amide bonds. The highest BCUT2D eigenvalue weighted by Gasteiger charge is 2.29. The molecule has 0 fully saturated rings. The van der Waals surface area contributed by atoms with Gasteiger partial charge in [0.1, 0.15) is 6.61 Å². The molecular weight excluding hydrogens is 412 g/mol. The van der Waals surface area contributed by atoms with E-state index < -0.39 is 11.3 Å². The summed E-state index contributed by atoms with van der Waals surface area (Å²) in [6.07, 6.45) is 3.58. The molecular formula is C25H31ClN2O3. The molecule has 0 saturated carbocycles. The Morgan fingerprint density at radius 3 is 2.52 bits per heavy atom. The van der Waals surface area contributed by atoms with Crippen LogP contribution in [0.1, 0.15) is 53.7 Å². The van der Waals surface area contributed by atoms with E-state index in [9.17, 15) is 9.59 Å². The Bertz CT molecular complexity index is 897. The van der Waals surface area contributed by atoms with Gasteiger partial charge in [-0.15, -0.1) is 6.58 Å². The van der Waals surface area contributed by atoms with Crippen molar-refractivity contribution in [2.24, 2.45) is 5.41 Å². The first kappa shape index (κ1) is 24.6. The van der Waals surface area contributed by atoms with Gasteiger partial charge >= 0.3 is 6.09 Å². The van der Waals surface area contributed by atoms with Crippen molar-refractivity contribution in [3.63, 3.8) is 0 Å². The monoisotopic (exact) mass is 442 g/mol. The van der Waals surface area contributed by atoms with Crippen LogP contribution in [0.5, 0.6) is 0 Å². The maximum Gasteiger partial charge on any atom is 0.421 e. The van der Waals surface area contributed by atoms with Gasteiger partial charge in [-0.05, 0) is 66.5 Å². The fraction of sp³-hybridized carbons (Fsp3) is 0.360. The number of rotatable bonds is 11. The number of carbonyl (C=O) groups is 2. The molecule has 2 aromatic rings. The molecule has 2 rings (SSSR count). The molecule has 0 aliphatic heterocycles. The summed E-state index contributed by atoms with van der Waals surface area (Å²) < 4.78 is 5.26. The topological polar surface area (TPSA) is 67.4 Å². The second kappa shape index (κ2) is 11.7. The van der Waals surface area contributed by atoms with E-state index in [1.807, 2.05) is 49.4 Å². The minimum Gasteiger partial charge on any atom is -0.444 e. The van der Waals surface area contributed by atoms with Crippen LogP contribution in [0.2, 0.25) is 0 Å². The van der Waals surface area contributed by atoms with Crippen molar-refractivity contribution in [1.29, 1.82) is 0 Å². The lowest BCUT2D eigenvalue weighted by molar-refractivity contribution is 0.108. The predicted octanol–water partition coefficient (Wildman–Crippen LogP) is 5.71. The predicted molar refractivity (Wildman–Crippen MR) is 125 cm³/mol. The summed E-state index contributed by atoms with van der Waals surface area (Å²) in [5.41, 5.74) is 9.09. The SMILES string of the molecule is C=CC[C@H](NNC(=O)OCc1ccccc1)C(C)(C)CCc1cc(C)cc(C(=O)Cl)c1. The van der Waals surface area contributed by atoms with Crippen molar-refractivity contribution >= 4 is 22.9 Å². The van der Waals surface area contributed by atoms with Gasteiger partial charge in [0.2, 0.25) is 0 Å². The number of ether oxygens (including phenoxy) is 1. The quantitative estimate of drug-likeness (QED) is 0.266. The summed E-state index contributed by atoms with van der Waals surface area (Å²) in [5, 5.41) is -0.450. The van der Waals surface area contributed by atoms with Crippen molar-refractivity contribution in [3.05, 3.63) is 83.4 Å². The second-order valence-corrected chi connectivity index (χ2v) is 8.72. The lowest BCUT2D eigenvalue weighted by atomic mass is 9.78. The van der Waals surface area contributed by atoms with E-state index in [4.69, 9.17) is 16.3 Å². The van der Waals surface area contributed by atoms with Gasteiger partial charge in [-0.3, -0.25) is 10.2 Å². The highest BCUT2D eigenvalue weighted by atomic mass is 35.5. The Kier molecular flexibility index (Phi) is 9.28. The number of carbonyl (C=O) groups excluding carboxylic acids is 2. The van der Waals surface area contributed by atoms with E-state index in [1.165, 1.54) is 0 Å². The second-order valence-electron chi connectivity index (χ2n) is 8.38. The average Bonchev–Trinajstić information content (AvgIpc) is 2.74. The highest BCUT2D eigenvalue weighted by molar-refractivity contribution is 6.67. The summed E-state index contributed by atoms with van der Waals surface area (Å²) in [4.78, 5) is 23.6. The van der Waals surface area contributed by atoms with Gasteiger partial charge in [0.25, 0.3) is 5.24 Å². The molecule has 2 N–H and O–H groups in total. The lowest BCUT2D eigenvalue weighted by Gasteiger charge is -2.34. The van der Waals surface area contributed by atoms with Crippen molar-refractivity contribution in [2.45, 2.75) is 52.7 Å². The Balaban J connectivity index is 1.93. The fourth-order valence-corrected chi connectivity index (χ4v) is 3.52. The molecule has 6 heteroatoms. The van der Waals surface area contributed by atoms with Gasteiger partial charge in [-0.2, -0.15) is 0 Å². The first-order valence-electron chi connectivity index (χ1n) is 10.3. The number of aryl methyl sites for hydroxylation is 2. The molecule has 1 atom stereocenters. The third-order valence-electron chi connectivity index (χ3n) is 5.33. The largest absolute Gasteiger partial charge is 0.444 e. The molecule has 5 nitrogen and oxygen atoms in total. The third kappa shape index (κ3) is 8.19. The van der Waals surface area contributed by atoms with Crippen LogP contribution in [0.3, 0.4) is 0 Å². The summed E-state index contributed by atoms with van der Waals surface area (Å²) in [6, 6.07) is 15.2. The van der Waals surface area contributed by atoms with Gasteiger partial charge in [0.05, 0.1) is 0 Å². The van der Waals surface area contributed by atoms with Crippen LogP contribution in [0.25, 0.3) is 0 Å². The third-order valence-corrected chi connectivity index (χ3v) is 5.55. The molecule has 0 aliphatic rings. The Morgan fingerprint density at radius 1 is 1.16 bits per heavy atom. The normalized spacial score (nSPS) is 12.1. The van der Waals surface area contributed by atoms with Crippen LogP contribution in [-0.2, 0) is 17.8 Å². The number of hydrogen-bond donors (Lipinski definition) is 2. The minimum atomic E-state index is -0.530. The minimum absolute atomic E-state index is 0.0480. The van der Waals surface area contributed by atoms with Crippen molar-refractivity contribution in [1.82, 2.24) is 10.9 Å². The van der Waals surface area contributed by atoms with E-state index >= 15 is 0 Å². The molecule has 2 aromatic carbocycles. The average molecular weight is 443 g/mol. The van der Waals surface area contributed by atoms with E-state index in [0.717, 1.165) is 29.5 Å². The molecule has 0 saturated heterocycles. The molecule has 0 aliphatic carbocycles. The Hall–Kier alpha value is -2.63. The van der Waals surface area contributed by atoms with Crippen LogP contribution >= 0.6 is 11.6 Å². The maximum absolute atomic E-state index is 12.1. The maximum atomic E-state index is 12.1. The zero-order chi connectivity index (χ0) is 22.9. The molecule has 0 unspecified atom stereocenters. The Labute approximate surface area is 189 Å². The molecule has 0 heterocycles. The summed E-state index contributed by atoms with van der Waals surface area (Å²) in [5.74, 6) is 0. The highest BCUT2D eigenvalue weighted by Crippen LogP contribution is 2.29. The smallest absolute Gasteiger partial charge is 0.421 e. The van der Waals surface area contributed by atoms with E-state index in [-0.39, 0.29) is 18.1 Å². The van der Waals surface area contributed by atoms with E-state index in [1.54, 1.807) is 6.07 Å². The summed E-state index contributed by atoms with van der Waals surface area (Å²) >= 11 is 5.65. The van der Waals surface area contributed by atoms with Crippen molar-refractivity contribution in [3.8, 4) is 0 Å². The van der Waals surface area contributed by atoms with Crippen molar-refractivity contribution < 1.29 is 14.3 Å². The fourth-order valence-electron chi connectivity index (χ4n) is 3.41. The number of halogens is 1. The molecule has 0 bridgehead atoms. The summed E-state index contributed by atoms with van der Waals surface area (Å²) in [7, 11) is 0. The van der Waals surface area contributed by atoms with Gasteiger partial charge < -0.3 is 4.74 Å². The molecule has 0 aromatic heterocycles. The zero-order valence-corrected chi connectivity index (χ0v) is 19.2. The van der Waals surface area contributed by atoms with Gasteiger partial charge in [-0.1, -0.05) is 61.9 Å². The molecule has 31 heavy (non-hydrogen) atoms. The number of amides is 1. The van der Waals surface area contributed by atoms with E-state index in [0.29, 0.717) is 12.0 Å². The standard InChI is InChI=1S/C25H31ClN2O3/c1-5-9-22(27-28-24(30)31-17-19-10-7-6-8-11-19)25(3,4)13-12-20-14-18(2)15-21(16-20)23(26)29/h5-8,10-11,14-16,22,27H,1,9,12-13,17H2,2-4H3,(H,28,30)/t22-/m0/s1. The number of benzene rings is 2. The van der Waals surface area contributed by atoms with Crippen LogP contribution in [-0.4, -0.2) is 17.4 Å². The zero-order valence-electron chi connectivity index (χ0n) is 18.4. The molecule has 0 spiro atoms. The molecule has 166 valence electrons.